The molecule has 0 aliphatic heterocycles. The lowest BCUT2D eigenvalue weighted by molar-refractivity contribution is -0.143. The highest BCUT2D eigenvalue weighted by atomic mass is 28.4. The van der Waals surface area contributed by atoms with E-state index >= 15 is 0 Å². The third-order valence-corrected chi connectivity index (χ3v) is 8.85. The number of aliphatic hydroxyl groups is 1. The van der Waals surface area contributed by atoms with Gasteiger partial charge in [-0.15, -0.1) is 0 Å². The van der Waals surface area contributed by atoms with Gasteiger partial charge in [-0.2, -0.15) is 0 Å². The van der Waals surface area contributed by atoms with Crippen molar-refractivity contribution in [2.75, 3.05) is 6.61 Å². The molecule has 5 heteroatoms. The highest BCUT2D eigenvalue weighted by Gasteiger charge is 2.38. The first-order chi connectivity index (χ1) is 10.4. The summed E-state index contributed by atoms with van der Waals surface area (Å²) in [6.45, 7) is 14.4. The summed E-state index contributed by atoms with van der Waals surface area (Å²) in [5.41, 5.74) is 0.798. The van der Waals surface area contributed by atoms with E-state index in [2.05, 4.69) is 33.9 Å². The average molecular weight is 339 g/mol. The van der Waals surface area contributed by atoms with E-state index in [4.69, 9.17) is 9.16 Å². The van der Waals surface area contributed by atoms with Crippen molar-refractivity contribution in [1.82, 2.24) is 0 Å². The molecule has 0 heterocycles. The number of esters is 1. The van der Waals surface area contributed by atoms with E-state index in [0.717, 1.165) is 11.3 Å². The molecule has 0 radical (unpaired) electrons. The highest BCUT2D eigenvalue weighted by molar-refractivity contribution is 6.74. The van der Waals surface area contributed by atoms with Crippen LogP contribution in [0.3, 0.4) is 0 Å². The fraction of sp³-hybridized carbons (Fsp3) is 0.611. The summed E-state index contributed by atoms with van der Waals surface area (Å²) in [4.78, 5) is 10.8. The molecule has 130 valence electrons. The van der Waals surface area contributed by atoms with Crippen LogP contribution in [-0.2, 0) is 9.53 Å². The second-order valence-electron chi connectivity index (χ2n) is 7.66. The zero-order chi connectivity index (χ0) is 17.8. The minimum Gasteiger partial charge on any atom is -0.544 e. The van der Waals surface area contributed by atoms with Gasteiger partial charge in [-0.1, -0.05) is 39.8 Å². The maximum Gasteiger partial charge on any atom is 0.302 e. The molecule has 0 amide bonds. The predicted molar refractivity (Wildman–Crippen MR) is 95.0 cm³/mol. The van der Waals surface area contributed by atoms with Gasteiger partial charge in [0, 0.05) is 12.8 Å². The van der Waals surface area contributed by atoms with Crippen molar-refractivity contribution in [2.45, 2.75) is 58.9 Å². The number of rotatable bonds is 6. The molecular formula is C18H30O4Si. The Morgan fingerprint density at radius 2 is 1.74 bits per heavy atom. The van der Waals surface area contributed by atoms with Gasteiger partial charge in [0.2, 0.25) is 8.32 Å². The third-order valence-electron chi connectivity index (χ3n) is 4.49. The fourth-order valence-electron chi connectivity index (χ4n) is 1.85. The van der Waals surface area contributed by atoms with Crippen LogP contribution < -0.4 is 4.43 Å². The molecule has 0 aliphatic rings. The number of ether oxygens (including phenoxy) is 1. The largest absolute Gasteiger partial charge is 0.544 e. The van der Waals surface area contributed by atoms with Crippen LogP contribution in [0, 0.1) is 5.92 Å². The molecule has 0 saturated carbocycles. The first-order valence-corrected chi connectivity index (χ1v) is 11.0. The second-order valence-corrected chi connectivity index (χ2v) is 12.4. The summed E-state index contributed by atoms with van der Waals surface area (Å²) in [6.07, 6.45) is -0.670. The monoisotopic (exact) mass is 338 g/mol. The second kappa shape index (κ2) is 7.49. The van der Waals surface area contributed by atoms with Gasteiger partial charge < -0.3 is 14.3 Å². The molecule has 4 nitrogen and oxygen atoms in total. The number of aliphatic hydroxyl groups excluding tert-OH is 1. The zero-order valence-corrected chi connectivity index (χ0v) is 16.3. The van der Waals surface area contributed by atoms with E-state index in [1.54, 1.807) is 0 Å². The third kappa shape index (κ3) is 5.66. The maximum atomic E-state index is 10.8. The van der Waals surface area contributed by atoms with Gasteiger partial charge in [-0.3, -0.25) is 4.79 Å². The molecule has 1 aromatic rings. The van der Waals surface area contributed by atoms with Gasteiger partial charge in [0.25, 0.3) is 0 Å². The van der Waals surface area contributed by atoms with Crippen molar-refractivity contribution in [2.24, 2.45) is 5.92 Å². The Balaban J connectivity index is 2.74. The molecule has 1 N–H and O–H groups in total. The molecule has 2 atom stereocenters. The van der Waals surface area contributed by atoms with Crippen LogP contribution in [0.1, 0.15) is 46.3 Å². The smallest absolute Gasteiger partial charge is 0.302 e. The van der Waals surface area contributed by atoms with Crippen molar-refractivity contribution < 1.29 is 19.1 Å². The van der Waals surface area contributed by atoms with E-state index in [1.165, 1.54) is 6.92 Å². The van der Waals surface area contributed by atoms with E-state index in [9.17, 15) is 9.90 Å². The first kappa shape index (κ1) is 19.7. The van der Waals surface area contributed by atoms with Crippen LogP contribution in [0.15, 0.2) is 24.3 Å². The lowest BCUT2D eigenvalue weighted by Crippen LogP contribution is -2.43. The van der Waals surface area contributed by atoms with Gasteiger partial charge >= 0.3 is 5.97 Å². The molecule has 1 rings (SSSR count). The number of carbonyl (C=O) groups excluding carboxylic acids is 1. The van der Waals surface area contributed by atoms with Crippen LogP contribution >= 0.6 is 0 Å². The van der Waals surface area contributed by atoms with E-state index in [0.29, 0.717) is 0 Å². The van der Waals surface area contributed by atoms with E-state index in [1.807, 2.05) is 31.2 Å². The van der Waals surface area contributed by atoms with Crippen LogP contribution in [0.5, 0.6) is 5.75 Å². The lowest BCUT2D eigenvalue weighted by Gasteiger charge is -2.36. The average Bonchev–Trinajstić information content (AvgIpc) is 2.43. The Hall–Kier alpha value is -1.33. The highest BCUT2D eigenvalue weighted by Crippen LogP contribution is 2.37. The molecule has 0 aromatic heterocycles. The Morgan fingerprint density at radius 3 is 2.17 bits per heavy atom. The molecule has 0 bridgehead atoms. The van der Waals surface area contributed by atoms with Gasteiger partial charge in [-0.05, 0) is 35.8 Å². The standard InChI is InChI=1S/C18H30O4Si/c1-13(12-21-14(2)19)17(20)15-8-10-16(11-9-15)22-23(6,7)18(3,4)5/h8-11,13,17,20H,12H2,1-7H3/t13-,17-/m1/s1. The van der Waals surface area contributed by atoms with Crippen molar-refractivity contribution in [3.63, 3.8) is 0 Å². The summed E-state index contributed by atoms with van der Waals surface area (Å²) < 4.78 is 11.2. The summed E-state index contributed by atoms with van der Waals surface area (Å²) >= 11 is 0. The first-order valence-electron chi connectivity index (χ1n) is 8.04. The quantitative estimate of drug-likeness (QED) is 0.620. The topological polar surface area (TPSA) is 55.8 Å². The predicted octanol–water partition coefficient (Wildman–Crippen LogP) is 4.30. The summed E-state index contributed by atoms with van der Waals surface area (Å²) in [7, 11) is -1.86. The van der Waals surface area contributed by atoms with Gasteiger partial charge in [0.15, 0.2) is 0 Å². The van der Waals surface area contributed by atoms with Crippen molar-refractivity contribution >= 4 is 14.3 Å². The maximum absolute atomic E-state index is 10.8. The summed E-state index contributed by atoms with van der Waals surface area (Å²) in [5, 5.41) is 10.5. The van der Waals surface area contributed by atoms with Crippen molar-refractivity contribution in [1.29, 1.82) is 0 Å². The fourth-order valence-corrected chi connectivity index (χ4v) is 2.88. The molecule has 0 saturated heterocycles. The minimum atomic E-state index is -1.86. The Morgan fingerprint density at radius 1 is 1.22 bits per heavy atom. The van der Waals surface area contributed by atoms with Crippen LogP contribution in [0.2, 0.25) is 18.1 Å². The molecule has 0 spiro atoms. The van der Waals surface area contributed by atoms with E-state index < -0.39 is 14.4 Å². The lowest BCUT2D eigenvalue weighted by atomic mass is 9.98. The Labute approximate surface area is 140 Å². The minimum absolute atomic E-state index is 0.143. The van der Waals surface area contributed by atoms with Crippen LogP contribution in [0.4, 0.5) is 0 Å². The molecule has 0 fully saturated rings. The van der Waals surface area contributed by atoms with Gasteiger partial charge in [0.1, 0.15) is 5.75 Å². The molecule has 0 unspecified atom stereocenters. The Bertz CT molecular complexity index is 517. The molecule has 0 aliphatic carbocycles. The van der Waals surface area contributed by atoms with Crippen molar-refractivity contribution in [3.05, 3.63) is 29.8 Å². The van der Waals surface area contributed by atoms with E-state index in [-0.39, 0.29) is 23.5 Å². The summed E-state index contributed by atoms with van der Waals surface area (Å²) in [5.74, 6) is 0.341. The van der Waals surface area contributed by atoms with Crippen molar-refractivity contribution in [3.8, 4) is 5.75 Å². The summed E-state index contributed by atoms with van der Waals surface area (Å²) in [6, 6.07) is 7.55. The molecule has 1 aromatic carbocycles. The van der Waals surface area contributed by atoms with Gasteiger partial charge in [0.05, 0.1) is 12.7 Å². The Kier molecular flexibility index (Phi) is 6.42. The SMILES string of the molecule is CC(=O)OC[C@@H](C)[C@@H](O)c1ccc(O[Si](C)(C)C(C)(C)C)cc1. The number of benzene rings is 1. The van der Waals surface area contributed by atoms with Gasteiger partial charge in [-0.25, -0.2) is 0 Å². The molecular weight excluding hydrogens is 308 g/mol. The number of hydrogen-bond acceptors (Lipinski definition) is 4. The number of carbonyl (C=O) groups is 1. The van der Waals surface area contributed by atoms with Crippen LogP contribution in [-0.4, -0.2) is 26.0 Å². The normalized spacial score (nSPS) is 15.0. The zero-order valence-electron chi connectivity index (χ0n) is 15.3. The number of hydrogen-bond donors (Lipinski definition) is 1. The molecule has 23 heavy (non-hydrogen) atoms. The van der Waals surface area contributed by atoms with Crippen LogP contribution in [0.25, 0.3) is 0 Å².